The van der Waals surface area contributed by atoms with Gasteiger partial charge in [-0.05, 0) is 12.0 Å². The van der Waals surface area contributed by atoms with Gasteiger partial charge in [0.2, 0.25) is 0 Å². The van der Waals surface area contributed by atoms with Gasteiger partial charge in [-0.15, -0.1) is 0 Å². The Kier molecular flexibility index (Phi) is 3.80. The highest BCUT2D eigenvalue weighted by molar-refractivity contribution is 5.40. The molecule has 0 amide bonds. The summed E-state index contributed by atoms with van der Waals surface area (Å²) in [6.07, 6.45) is 1.90. The Balaban J connectivity index is 2.45. The topological polar surface area (TPSA) is 81.7 Å². The molecule has 0 aliphatic carbocycles. The molecule has 0 unspecified atom stereocenters. The maximum absolute atomic E-state index is 5.45. The SMILES string of the molecule is CC(C)c1ccn(-c2cc(NN)nc(C(C)C)n2)n1. The Labute approximate surface area is 113 Å². The van der Waals surface area contributed by atoms with Crippen LogP contribution in [0.1, 0.15) is 51.0 Å². The largest absolute Gasteiger partial charge is 0.308 e. The van der Waals surface area contributed by atoms with Crippen molar-refractivity contribution in [1.82, 2.24) is 19.7 Å². The fourth-order valence-electron chi connectivity index (χ4n) is 1.68. The molecule has 0 fully saturated rings. The summed E-state index contributed by atoms with van der Waals surface area (Å²) in [5.41, 5.74) is 3.60. The van der Waals surface area contributed by atoms with Crippen LogP contribution in [0.2, 0.25) is 0 Å². The van der Waals surface area contributed by atoms with E-state index in [2.05, 4.69) is 34.3 Å². The van der Waals surface area contributed by atoms with Crippen molar-refractivity contribution >= 4 is 5.82 Å². The van der Waals surface area contributed by atoms with Crippen LogP contribution in [0.3, 0.4) is 0 Å². The van der Waals surface area contributed by atoms with E-state index in [1.807, 2.05) is 26.1 Å². The number of nitrogens with zero attached hydrogens (tertiary/aromatic N) is 4. The molecule has 3 N–H and O–H groups in total. The molecule has 2 rings (SSSR count). The molecule has 0 saturated carbocycles. The number of nitrogen functional groups attached to an aromatic ring is 1. The van der Waals surface area contributed by atoms with Crippen LogP contribution in [-0.2, 0) is 0 Å². The summed E-state index contributed by atoms with van der Waals surface area (Å²) in [5, 5.41) is 4.51. The Morgan fingerprint density at radius 1 is 1.16 bits per heavy atom. The van der Waals surface area contributed by atoms with E-state index in [1.165, 1.54) is 0 Å². The third-order valence-electron chi connectivity index (χ3n) is 2.83. The fourth-order valence-corrected chi connectivity index (χ4v) is 1.68. The zero-order valence-electron chi connectivity index (χ0n) is 11.8. The molecule has 2 aromatic heterocycles. The van der Waals surface area contributed by atoms with Gasteiger partial charge in [-0.3, -0.25) is 0 Å². The lowest BCUT2D eigenvalue weighted by molar-refractivity contribution is 0.726. The Morgan fingerprint density at radius 2 is 1.89 bits per heavy atom. The van der Waals surface area contributed by atoms with Crippen molar-refractivity contribution in [3.8, 4) is 5.82 Å². The van der Waals surface area contributed by atoms with Gasteiger partial charge in [0, 0.05) is 18.2 Å². The van der Waals surface area contributed by atoms with Gasteiger partial charge in [-0.2, -0.15) is 5.10 Å². The maximum atomic E-state index is 5.45. The summed E-state index contributed by atoms with van der Waals surface area (Å²) >= 11 is 0. The smallest absolute Gasteiger partial charge is 0.159 e. The summed E-state index contributed by atoms with van der Waals surface area (Å²) in [7, 11) is 0. The van der Waals surface area contributed by atoms with Crippen molar-refractivity contribution in [3.05, 3.63) is 29.8 Å². The second-order valence-corrected chi connectivity index (χ2v) is 5.11. The van der Waals surface area contributed by atoms with Crippen molar-refractivity contribution in [1.29, 1.82) is 0 Å². The van der Waals surface area contributed by atoms with E-state index in [1.54, 1.807) is 10.7 Å². The Hall–Kier alpha value is -1.95. The second-order valence-electron chi connectivity index (χ2n) is 5.11. The van der Waals surface area contributed by atoms with Crippen LogP contribution in [0.15, 0.2) is 18.3 Å². The van der Waals surface area contributed by atoms with E-state index in [9.17, 15) is 0 Å². The number of aromatic nitrogens is 4. The highest BCUT2D eigenvalue weighted by Crippen LogP contribution is 2.17. The van der Waals surface area contributed by atoms with Crippen LogP contribution < -0.4 is 11.3 Å². The first-order chi connectivity index (χ1) is 9.01. The van der Waals surface area contributed by atoms with Gasteiger partial charge >= 0.3 is 0 Å². The number of hydrazine groups is 1. The number of nitrogens with two attached hydrogens (primary N) is 1. The quantitative estimate of drug-likeness (QED) is 0.650. The molecule has 0 aliphatic heterocycles. The third-order valence-corrected chi connectivity index (χ3v) is 2.83. The summed E-state index contributed by atoms with van der Waals surface area (Å²) < 4.78 is 1.75. The van der Waals surface area contributed by atoms with E-state index in [0.717, 1.165) is 17.3 Å². The number of rotatable bonds is 4. The van der Waals surface area contributed by atoms with E-state index >= 15 is 0 Å². The summed E-state index contributed by atoms with van der Waals surface area (Å²) in [4.78, 5) is 8.85. The molecule has 0 bridgehead atoms. The first kappa shape index (κ1) is 13.5. The number of hydrogen-bond donors (Lipinski definition) is 2. The van der Waals surface area contributed by atoms with E-state index in [4.69, 9.17) is 5.84 Å². The van der Waals surface area contributed by atoms with Crippen LogP contribution in [-0.4, -0.2) is 19.7 Å². The highest BCUT2D eigenvalue weighted by Gasteiger charge is 2.11. The molecule has 102 valence electrons. The standard InChI is InChI=1S/C13H20N6/c1-8(2)10-5-6-19(18-10)12-7-11(17-14)15-13(16-12)9(3)4/h5-9H,14H2,1-4H3,(H,15,16,17). The lowest BCUT2D eigenvalue weighted by Crippen LogP contribution is -2.13. The predicted octanol–water partition coefficient (Wildman–Crippen LogP) is 2.19. The zero-order chi connectivity index (χ0) is 14.0. The number of hydrogen-bond acceptors (Lipinski definition) is 5. The maximum Gasteiger partial charge on any atom is 0.159 e. The van der Waals surface area contributed by atoms with E-state index in [-0.39, 0.29) is 5.92 Å². The van der Waals surface area contributed by atoms with Crippen molar-refractivity contribution in [2.24, 2.45) is 5.84 Å². The van der Waals surface area contributed by atoms with Crippen LogP contribution in [0.4, 0.5) is 5.82 Å². The monoisotopic (exact) mass is 260 g/mol. The van der Waals surface area contributed by atoms with Crippen LogP contribution in [0, 0.1) is 0 Å². The summed E-state index contributed by atoms with van der Waals surface area (Å²) in [5.74, 6) is 8.12. The first-order valence-electron chi connectivity index (χ1n) is 6.42. The molecule has 0 aliphatic rings. The van der Waals surface area contributed by atoms with Crippen molar-refractivity contribution in [2.45, 2.75) is 39.5 Å². The number of anilines is 1. The Bertz CT molecular complexity index is 558. The van der Waals surface area contributed by atoms with Gasteiger partial charge in [0.1, 0.15) is 11.6 Å². The van der Waals surface area contributed by atoms with Crippen molar-refractivity contribution in [2.75, 3.05) is 5.43 Å². The highest BCUT2D eigenvalue weighted by atomic mass is 15.3. The lowest BCUT2D eigenvalue weighted by atomic mass is 10.1. The van der Waals surface area contributed by atoms with Gasteiger partial charge in [-0.25, -0.2) is 20.5 Å². The zero-order valence-corrected chi connectivity index (χ0v) is 11.8. The van der Waals surface area contributed by atoms with Crippen LogP contribution in [0.5, 0.6) is 0 Å². The van der Waals surface area contributed by atoms with Gasteiger partial charge in [0.25, 0.3) is 0 Å². The van der Waals surface area contributed by atoms with Crippen LogP contribution >= 0.6 is 0 Å². The van der Waals surface area contributed by atoms with Crippen LogP contribution in [0.25, 0.3) is 5.82 Å². The fraction of sp³-hybridized carbons (Fsp3) is 0.462. The molecule has 0 saturated heterocycles. The second kappa shape index (κ2) is 5.36. The molecule has 0 spiro atoms. The molecule has 2 aromatic rings. The molecule has 6 nitrogen and oxygen atoms in total. The minimum atomic E-state index is 0.229. The normalized spacial score (nSPS) is 11.3. The van der Waals surface area contributed by atoms with Crippen molar-refractivity contribution < 1.29 is 0 Å². The van der Waals surface area contributed by atoms with E-state index in [0.29, 0.717) is 11.7 Å². The Morgan fingerprint density at radius 3 is 2.42 bits per heavy atom. The molecule has 19 heavy (non-hydrogen) atoms. The molecule has 0 aromatic carbocycles. The predicted molar refractivity (Wildman–Crippen MR) is 75.1 cm³/mol. The molecular weight excluding hydrogens is 240 g/mol. The molecule has 2 heterocycles. The third kappa shape index (κ3) is 2.90. The van der Waals surface area contributed by atoms with Gasteiger partial charge in [-0.1, -0.05) is 27.7 Å². The number of nitrogens with one attached hydrogen (secondary N) is 1. The first-order valence-corrected chi connectivity index (χ1v) is 6.42. The van der Waals surface area contributed by atoms with E-state index < -0.39 is 0 Å². The van der Waals surface area contributed by atoms with Gasteiger partial charge in [0.15, 0.2) is 5.82 Å². The minimum absolute atomic E-state index is 0.229. The minimum Gasteiger partial charge on any atom is -0.308 e. The lowest BCUT2D eigenvalue weighted by Gasteiger charge is -2.09. The molecular formula is C13H20N6. The average Bonchev–Trinajstić information content (AvgIpc) is 2.87. The summed E-state index contributed by atoms with van der Waals surface area (Å²) in [6, 6.07) is 3.78. The summed E-state index contributed by atoms with van der Waals surface area (Å²) in [6.45, 7) is 8.31. The van der Waals surface area contributed by atoms with Gasteiger partial charge < -0.3 is 5.43 Å². The molecule has 0 atom stereocenters. The van der Waals surface area contributed by atoms with Crippen molar-refractivity contribution in [3.63, 3.8) is 0 Å². The molecule has 6 heteroatoms. The average molecular weight is 260 g/mol. The molecule has 0 radical (unpaired) electrons. The van der Waals surface area contributed by atoms with Gasteiger partial charge in [0.05, 0.1) is 5.69 Å².